The van der Waals surface area contributed by atoms with Gasteiger partial charge in [-0.25, -0.2) is 0 Å². The summed E-state index contributed by atoms with van der Waals surface area (Å²) in [7, 11) is 0. The van der Waals surface area contributed by atoms with Crippen LogP contribution < -0.4 is 5.32 Å². The van der Waals surface area contributed by atoms with E-state index in [4.69, 9.17) is 10.5 Å². The molecule has 0 saturated heterocycles. The second-order valence-electron chi connectivity index (χ2n) is 2.17. The molecule has 1 N–H and O–H groups in total. The standard InChI is InChI=1S/C8H8N4O2/c1-2-11-6-8(12(13)14)3-7(4-9)5-10/h3,6,11H,2H2,1H3. The summed E-state index contributed by atoms with van der Waals surface area (Å²) in [4.78, 5) is 9.74. The van der Waals surface area contributed by atoms with Gasteiger partial charge in [-0.15, -0.1) is 0 Å². The van der Waals surface area contributed by atoms with Gasteiger partial charge in [-0.1, -0.05) is 0 Å². The van der Waals surface area contributed by atoms with Gasteiger partial charge in [0.05, 0.1) is 11.1 Å². The van der Waals surface area contributed by atoms with Crippen molar-refractivity contribution in [3.05, 3.63) is 33.7 Å². The van der Waals surface area contributed by atoms with Gasteiger partial charge in [0.25, 0.3) is 5.70 Å². The Morgan fingerprint density at radius 2 is 2.14 bits per heavy atom. The molecule has 0 aliphatic rings. The summed E-state index contributed by atoms with van der Waals surface area (Å²) in [6, 6.07) is 3.08. The molecule has 0 spiro atoms. The molecule has 0 aromatic heterocycles. The average molecular weight is 192 g/mol. The molecule has 6 heteroatoms. The lowest BCUT2D eigenvalue weighted by Gasteiger charge is -1.93. The second kappa shape index (κ2) is 6.21. The number of nitrogens with zero attached hydrogens (tertiary/aromatic N) is 3. The van der Waals surface area contributed by atoms with E-state index in [9.17, 15) is 10.1 Å². The monoisotopic (exact) mass is 192 g/mol. The van der Waals surface area contributed by atoms with Crippen molar-refractivity contribution in [2.45, 2.75) is 6.92 Å². The smallest absolute Gasteiger partial charge is 0.286 e. The summed E-state index contributed by atoms with van der Waals surface area (Å²) in [6.45, 7) is 2.30. The number of rotatable bonds is 4. The highest BCUT2D eigenvalue weighted by Gasteiger charge is 2.08. The lowest BCUT2D eigenvalue weighted by Crippen LogP contribution is -2.07. The normalized spacial score (nSPS) is 9.50. The number of nitro groups is 1. The lowest BCUT2D eigenvalue weighted by molar-refractivity contribution is -0.419. The zero-order valence-corrected chi connectivity index (χ0v) is 7.52. The first kappa shape index (κ1) is 11.7. The molecule has 6 nitrogen and oxygen atoms in total. The Morgan fingerprint density at radius 3 is 2.50 bits per heavy atom. The Morgan fingerprint density at radius 1 is 1.57 bits per heavy atom. The maximum absolute atomic E-state index is 10.4. The quantitative estimate of drug-likeness (QED) is 0.305. The molecule has 0 bridgehead atoms. The van der Waals surface area contributed by atoms with Gasteiger partial charge < -0.3 is 5.32 Å². The van der Waals surface area contributed by atoms with E-state index in [1.54, 1.807) is 19.1 Å². The zero-order valence-electron chi connectivity index (χ0n) is 7.52. The number of nitrogens with one attached hydrogen (secondary N) is 1. The fraction of sp³-hybridized carbons (Fsp3) is 0.250. The summed E-state index contributed by atoms with van der Waals surface area (Å²) >= 11 is 0. The largest absolute Gasteiger partial charge is 0.386 e. The van der Waals surface area contributed by atoms with Crippen LogP contribution in [-0.4, -0.2) is 11.5 Å². The van der Waals surface area contributed by atoms with Crippen molar-refractivity contribution in [3.63, 3.8) is 0 Å². The second-order valence-corrected chi connectivity index (χ2v) is 2.17. The molecule has 0 atom stereocenters. The van der Waals surface area contributed by atoms with Crippen molar-refractivity contribution in [2.24, 2.45) is 0 Å². The van der Waals surface area contributed by atoms with Crippen LogP contribution >= 0.6 is 0 Å². The molecule has 0 amide bonds. The van der Waals surface area contributed by atoms with E-state index in [1.807, 2.05) is 0 Å². The molecule has 0 radical (unpaired) electrons. The first-order chi connectivity index (χ1) is 6.65. The number of nitriles is 2. The number of hydrogen-bond donors (Lipinski definition) is 1. The van der Waals surface area contributed by atoms with Crippen LogP contribution in [-0.2, 0) is 0 Å². The van der Waals surface area contributed by atoms with E-state index in [2.05, 4.69) is 5.32 Å². The van der Waals surface area contributed by atoms with Crippen LogP contribution in [0.5, 0.6) is 0 Å². The Labute approximate surface area is 80.9 Å². The van der Waals surface area contributed by atoms with Crippen molar-refractivity contribution >= 4 is 0 Å². The van der Waals surface area contributed by atoms with E-state index < -0.39 is 4.92 Å². The minimum atomic E-state index is -0.669. The van der Waals surface area contributed by atoms with Gasteiger partial charge in [-0.2, -0.15) is 10.5 Å². The molecule has 0 fully saturated rings. The van der Waals surface area contributed by atoms with Crippen molar-refractivity contribution in [1.82, 2.24) is 5.32 Å². The Bertz CT molecular complexity index is 341. The molecular weight excluding hydrogens is 184 g/mol. The van der Waals surface area contributed by atoms with Gasteiger partial charge in [0, 0.05) is 12.6 Å². The zero-order chi connectivity index (χ0) is 11.0. The van der Waals surface area contributed by atoms with Crippen molar-refractivity contribution in [3.8, 4) is 12.1 Å². The third-order valence-electron chi connectivity index (χ3n) is 1.20. The highest BCUT2D eigenvalue weighted by Crippen LogP contribution is 2.01. The third-order valence-corrected chi connectivity index (χ3v) is 1.20. The molecule has 0 aromatic rings. The molecule has 0 aliphatic carbocycles. The molecule has 0 saturated carbocycles. The van der Waals surface area contributed by atoms with Gasteiger partial charge in [0.2, 0.25) is 0 Å². The summed E-state index contributed by atoms with van der Waals surface area (Å²) in [6.07, 6.45) is 2.07. The first-order valence-electron chi connectivity index (χ1n) is 3.75. The molecular formula is C8H8N4O2. The molecule has 0 aliphatic heterocycles. The Kier molecular flexibility index (Phi) is 5.17. The van der Waals surface area contributed by atoms with Crippen molar-refractivity contribution < 1.29 is 4.92 Å². The van der Waals surface area contributed by atoms with Crippen molar-refractivity contribution in [1.29, 1.82) is 10.5 Å². The van der Waals surface area contributed by atoms with Gasteiger partial charge in [-0.3, -0.25) is 10.1 Å². The molecule has 0 unspecified atom stereocenters. The molecule has 14 heavy (non-hydrogen) atoms. The van der Waals surface area contributed by atoms with Crippen LogP contribution in [0.25, 0.3) is 0 Å². The predicted octanol–water partition coefficient (Wildman–Crippen LogP) is 0.688. The predicted molar refractivity (Wildman–Crippen MR) is 48.1 cm³/mol. The van der Waals surface area contributed by atoms with Crippen LogP contribution in [0.3, 0.4) is 0 Å². The Balaban J connectivity index is 4.90. The summed E-state index contributed by atoms with van der Waals surface area (Å²) in [5.41, 5.74) is -0.615. The van der Waals surface area contributed by atoms with Gasteiger partial charge in [0.15, 0.2) is 0 Å². The van der Waals surface area contributed by atoms with Crippen LogP contribution in [0.1, 0.15) is 6.92 Å². The van der Waals surface area contributed by atoms with E-state index in [0.717, 1.165) is 12.3 Å². The minimum absolute atomic E-state index is 0.300. The molecule has 0 rings (SSSR count). The van der Waals surface area contributed by atoms with Gasteiger partial charge in [0.1, 0.15) is 17.7 Å². The van der Waals surface area contributed by atoms with Crippen LogP contribution in [0, 0.1) is 32.8 Å². The summed E-state index contributed by atoms with van der Waals surface area (Å²) < 4.78 is 0. The van der Waals surface area contributed by atoms with Gasteiger partial charge in [-0.05, 0) is 6.92 Å². The van der Waals surface area contributed by atoms with Crippen molar-refractivity contribution in [2.75, 3.05) is 6.54 Å². The van der Waals surface area contributed by atoms with Gasteiger partial charge >= 0.3 is 0 Å². The molecule has 0 aromatic carbocycles. The fourth-order valence-corrected chi connectivity index (χ4v) is 0.591. The van der Waals surface area contributed by atoms with E-state index in [0.29, 0.717) is 6.54 Å². The van der Waals surface area contributed by atoms with Crippen LogP contribution in [0.4, 0.5) is 0 Å². The maximum Gasteiger partial charge on any atom is 0.286 e. The average Bonchev–Trinajstić information content (AvgIpc) is 2.18. The third kappa shape index (κ3) is 3.88. The topological polar surface area (TPSA) is 103 Å². The van der Waals surface area contributed by atoms with Crippen LogP contribution in [0.15, 0.2) is 23.5 Å². The first-order valence-corrected chi connectivity index (χ1v) is 3.75. The SMILES string of the molecule is CCNC=C(C=C(C#N)C#N)[N+](=O)[O-]. The minimum Gasteiger partial charge on any atom is -0.386 e. The fourth-order valence-electron chi connectivity index (χ4n) is 0.591. The lowest BCUT2D eigenvalue weighted by atomic mass is 10.2. The Hall–Kier alpha value is -2.34. The molecule has 0 heterocycles. The number of allylic oxidation sites excluding steroid dienone is 2. The summed E-state index contributed by atoms with van der Waals surface area (Å²) in [5.74, 6) is 0. The van der Waals surface area contributed by atoms with E-state index in [-0.39, 0.29) is 11.3 Å². The maximum atomic E-state index is 10.4. The highest BCUT2D eigenvalue weighted by molar-refractivity contribution is 5.39. The van der Waals surface area contributed by atoms with E-state index in [1.165, 1.54) is 0 Å². The number of hydrogen-bond acceptors (Lipinski definition) is 5. The van der Waals surface area contributed by atoms with E-state index >= 15 is 0 Å². The summed E-state index contributed by atoms with van der Waals surface area (Å²) in [5, 5.41) is 29.8. The van der Waals surface area contributed by atoms with Crippen LogP contribution in [0.2, 0.25) is 0 Å². The molecule has 72 valence electrons. The highest BCUT2D eigenvalue weighted by atomic mass is 16.6.